The summed E-state index contributed by atoms with van der Waals surface area (Å²) in [6.45, 7) is 11.9. The van der Waals surface area contributed by atoms with Gasteiger partial charge < -0.3 is 0 Å². The monoisotopic (exact) mass is 238 g/mol. The Bertz CT molecular complexity index is 168. The van der Waals surface area contributed by atoms with Gasteiger partial charge in [0.15, 0.2) is 0 Å². The molecule has 0 aliphatic heterocycles. The van der Waals surface area contributed by atoms with E-state index in [1.54, 1.807) is 0 Å². The van der Waals surface area contributed by atoms with Crippen LogP contribution in [0.4, 0.5) is 0 Å². The van der Waals surface area contributed by atoms with Crippen molar-refractivity contribution in [2.45, 2.75) is 79.6 Å². The Kier molecular flexibility index (Phi) is 6.59. The molecule has 2 rings (SSSR count). The minimum Gasteiger partial charge on any atom is -0.0625 e. The topological polar surface area (TPSA) is 0 Å². The Morgan fingerprint density at radius 1 is 0.529 bits per heavy atom. The first kappa shape index (κ1) is 15.1. The molecule has 0 bridgehead atoms. The van der Waals surface area contributed by atoms with E-state index in [4.69, 9.17) is 0 Å². The maximum Gasteiger partial charge on any atom is -0.0391 e. The van der Waals surface area contributed by atoms with Gasteiger partial charge >= 0.3 is 0 Å². The molecule has 0 N–H and O–H groups in total. The molecule has 2 fully saturated rings. The normalized spacial score (nSPS) is 42.5. The Balaban J connectivity index is 0.000000171. The van der Waals surface area contributed by atoms with Crippen LogP contribution in [0.15, 0.2) is 0 Å². The highest BCUT2D eigenvalue weighted by Crippen LogP contribution is 2.33. The summed E-state index contributed by atoms with van der Waals surface area (Å²) >= 11 is 0. The molecule has 2 aliphatic rings. The fourth-order valence-electron chi connectivity index (χ4n) is 3.28. The lowest BCUT2D eigenvalue weighted by Gasteiger charge is -2.31. The van der Waals surface area contributed by atoms with Gasteiger partial charge in [0, 0.05) is 0 Å². The lowest BCUT2D eigenvalue weighted by Crippen LogP contribution is -2.21. The second kappa shape index (κ2) is 7.44. The summed E-state index contributed by atoms with van der Waals surface area (Å²) in [6.07, 6.45) is 10.3. The first-order chi connectivity index (χ1) is 8.00. The molecular weight excluding hydrogens is 204 g/mol. The molecule has 0 radical (unpaired) electrons. The Hall–Kier alpha value is 0. The third kappa shape index (κ3) is 5.44. The number of hydrogen-bond acceptors (Lipinski definition) is 0. The minimum atomic E-state index is 0.971. The van der Waals surface area contributed by atoms with Gasteiger partial charge in [0.05, 0.1) is 0 Å². The summed E-state index contributed by atoms with van der Waals surface area (Å²) in [7, 11) is 0. The van der Waals surface area contributed by atoms with E-state index in [9.17, 15) is 0 Å². The van der Waals surface area contributed by atoms with E-state index in [-0.39, 0.29) is 0 Å². The summed E-state index contributed by atoms with van der Waals surface area (Å²) in [5.74, 6) is 4.97. The summed E-state index contributed by atoms with van der Waals surface area (Å²) < 4.78 is 0. The van der Waals surface area contributed by atoms with Gasteiger partial charge in [-0.1, -0.05) is 79.6 Å². The van der Waals surface area contributed by atoms with Crippen LogP contribution in [0.2, 0.25) is 0 Å². The van der Waals surface area contributed by atoms with E-state index in [2.05, 4.69) is 34.6 Å². The van der Waals surface area contributed by atoms with E-state index in [1.165, 1.54) is 44.9 Å². The van der Waals surface area contributed by atoms with Crippen LogP contribution in [0.3, 0.4) is 0 Å². The van der Waals surface area contributed by atoms with E-state index >= 15 is 0 Å². The zero-order valence-corrected chi connectivity index (χ0v) is 12.8. The average molecular weight is 238 g/mol. The highest BCUT2D eigenvalue weighted by molar-refractivity contribution is 4.73. The Morgan fingerprint density at radius 2 is 0.882 bits per heavy atom. The summed E-state index contributed by atoms with van der Waals surface area (Å²) in [6, 6.07) is 0. The van der Waals surface area contributed by atoms with Crippen molar-refractivity contribution in [1.82, 2.24) is 0 Å². The zero-order chi connectivity index (χ0) is 12.8. The van der Waals surface area contributed by atoms with Crippen LogP contribution in [0.25, 0.3) is 0 Å². The molecule has 2 atom stereocenters. The van der Waals surface area contributed by atoms with E-state index in [0.717, 1.165) is 29.6 Å². The number of rotatable bonds is 0. The molecule has 0 saturated heterocycles. The summed E-state index contributed by atoms with van der Waals surface area (Å²) in [4.78, 5) is 0. The van der Waals surface area contributed by atoms with Crippen molar-refractivity contribution in [3.63, 3.8) is 0 Å². The standard InChI is InChI=1S/C9H18.C8H16/c1-7-5-4-6-8(2)9(7)3;1-7-3-5-8(2)6-4-7/h7-9H,4-6H2,1-3H3;7-8H,3-6H2,1-2H3. The molecule has 2 aliphatic carbocycles. The maximum atomic E-state index is 2.40. The molecule has 2 saturated carbocycles. The molecule has 17 heavy (non-hydrogen) atoms. The van der Waals surface area contributed by atoms with Crippen LogP contribution in [0.1, 0.15) is 79.6 Å². The van der Waals surface area contributed by atoms with Gasteiger partial charge in [-0.25, -0.2) is 0 Å². The largest absolute Gasteiger partial charge is 0.0625 e. The van der Waals surface area contributed by atoms with E-state index < -0.39 is 0 Å². The third-order valence-corrected chi connectivity index (χ3v) is 5.42. The zero-order valence-electron chi connectivity index (χ0n) is 12.8. The van der Waals surface area contributed by atoms with Gasteiger partial charge in [-0.05, 0) is 29.6 Å². The highest BCUT2D eigenvalue weighted by Gasteiger charge is 2.22. The molecule has 0 nitrogen and oxygen atoms in total. The van der Waals surface area contributed by atoms with Gasteiger partial charge in [-0.2, -0.15) is 0 Å². The van der Waals surface area contributed by atoms with Crippen LogP contribution in [-0.4, -0.2) is 0 Å². The Morgan fingerprint density at radius 3 is 1.18 bits per heavy atom. The molecule has 0 spiro atoms. The lowest BCUT2D eigenvalue weighted by molar-refractivity contribution is 0.197. The van der Waals surface area contributed by atoms with Crippen LogP contribution < -0.4 is 0 Å². The van der Waals surface area contributed by atoms with Crippen molar-refractivity contribution in [2.24, 2.45) is 29.6 Å². The molecule has 0 heterocycles. The van der Waals surface area contributed by atoms with Gasteiger partial charge in [-0.3, -0.25) is 0 Å². The highest BCUT2D eigenvalue weighted by atomic mass is 14.3. The first-order valence-corrected chi connectivity index (χ1v) is 8.00. The van der Waals surface area contributed by atoms with Crippen molar-refractivity contribution in [3.05, 3.63) is 0 Å². The second-order valence-electron chi connectivity index (χ2n) is 7.11. The fourth-order valence-corrected chi connectivity index (χ4v) is 3.28. The predicted molar refractivity (Wildman–Crippen MR) is 78.1 cm³/mol. The van der Waals surface area contributed by atoms with Gasteiger partial charge in [0.2, 0.25) is 0 Å². The van der Waals surface area contributed by atoms with Crippen molar-refractivity contribution in [1.29, 1.82) is 0 Å². The van der Waals surface area contributed by atoms with Crippen LogP contribution >= 0.6 is 0 Å². The summed E-state index contributed by atoms with van der Waals surface area (Å²) in [5, 5.41) is 0. The SMILES string of the molecule is CC1CCC(C)CC1.CC1CCCC(C)C1C. The van der Waals surface area contributed by atoms with Crippen molar-refractivity contribution < 1.29 is 0 Å². The third-order valence-electron chi connectivity index (χ3n) is 5.42. The minimum absolute atomic E-state index is 0.971. The second-order valence-corrected chi connectivity index (χ2v) is 7.11. The fraction of sp³-hybridized carbons (Fsp3) is 1.00. The van der Waals surface area contributed by atoms with E-state index in [1.807, 2.05) is 0 Å². The molecule has 2 unspecified atom stereocenters. The molecular formula is C17H34. The molecule has 0 aromatic heterocycles. The maximum absolute atomic E-state index is 2.40. The quantitative estimate of drug-likeness (QED) is 0.492. The van der Waals surface area contributed by atoms with Crippen molar-refractivity contribution in [2.75, 3.05) is 0 Å². The lowest BCUT2D eigenvalue weighted by atomic mass is 9.75. The van der Waals surface area contributed by atoms with E-state index in [0.29, 0.717) is 0 Å². The summed E-state index contributed by atoms with van der Waals surface area (Å²) in [5.41, 5.74) is 0. The molecule has 0 heteroatoms. The van der Waals surface area contributed by atoms with Crippen molar-refractivity contribution >= 4 is 0 Å². The molecule has 0 amide bonds. The van der Waals surface area contributed by atoms with Crippen molar-refractivity contribution in [3.8, 4) is 0 Å². The smallest absolute Gasteiger partial charge is 0.0391 e. The molecule has 0 aromatic rings. The van der Waals surface area contributed by atoms with Gasteiger partial charge in [-0.15, -0.1) is 0 Å². The first-order valence-electron chi connectivity index (χ1n) is 8.00. The van der Waals surface area contributed by atoms with Crippen LogP contribution in [0.5, 0.6) is 0 Å². The average Bonchev–Trinajstić information content (AvgIpc) is 2.31. The van der Waals surface area contributed by atoms with Crippen LogP contribution in [0, 0.1) is 29.6 Å². The van der Waals surface area contributed by atoms with Gasteiger partial charge in [0.25, 0.3) is 0 Å². The van der Waals surface area contributed by atoms with Gasteiger partial charge in [0.1, 0.15) is 0 Å². The number of hydrogen-bond donors (Lipinski definition) is 0. The Labute approximate surface area is 110 Å². The van der Waals surface area contributed by atoms with Crippen LogP contribution in [-0.2, 0) is 0 Å². The molecule has 102 valence electrons. The molecule has 0 aromatic carbocycles. The predicted octanol–water partition coefficient (Wildman–Crippen LogP) is 5.91.